The second-order valence-corrected chi connectivity index (χ2v) is 11.6. The number of hydrogen-bond acceptors (Lipinski definition) is 16. The van der Waals surface area contributed by atoms with E-state index in [1.54, 1.807) is 12.1 Å². The van der Waals surface area contributed by atoms with Gasteiger partial charge in [-0.15, -0.1) is 0 Å². The summed E-state index contributed by atoms with van der Waals surface area (Å²) in [5.41, 5.74) is 0. The van der Waals surface area contributed by atoms with E-state index in [4.69, 9.17) is 47.4 Å². The average molecular weight is 681 g/mol. The van der Waals surface area contributed by atoms with Crippen LogP contribution in [0.3, 0.4) is 0 Å². The Balaban J connectivity index is 1.35. The predicted molar refractivity (Wildman–Crippen MR) is 162 cm³/mol. The van der Waals surface area contributed by atoms with E-state index in [2.05, 4.69) is 0 Å². The van der Waals surface area contributed by atoms with Gasteiger partial charge in [-0.2, -0.15) is 0 Å². The fourth-order valence-corrected chi connectivity index (χ4v) is 5.03. The summed E-state index contributed by atoms with van der Waals surface area (Å²) in [6, 6.07) is 5.41. The second-order valence-electron chi connectivity index (χ2n) is 11.6. The Labute approximate surface area is 274 Å². The van der Waals surface area contributed by atoms with Crippen LogP contribution < -0.4 is 14.2 Å². The zero-order valence-corrected chi connectivity index (χ0v) is 27.6. The van der Waals surface area contributed by atoms with Crippen molar-refractivity contribution in [3.05, 3.63) is 18.2 Å². The number of methoxy groups -OCH3 is 1. The van der Waals surface area contributed by atoms with Crippen LogP contribution >= 0.6 is 0 Å². The van der Waals surface area contributed by atoms with Crippen LogP contribution in [0.2, 0.25) is 0 Å². The molecule has 2 aliphatic rings. The first kappa shape index (κ1) is 39.5. The van der Waals surface area contributed by atoms with Gasteiger partial charge < -0.3 is 78.0 Å². The molecule has 0 spiro atoms. The fourth-order valence-electron chi connectivity index (χ4n) is 5.03. The maximum Gasteiger partial charge on any atom is 0.187 e. The van der Waals surface area contributed by atoms with Crippen LogP contribution in [0.15, 0.2) is 18.2 Å². The molecule has 2 fully saturated rings. The molecule has 3 rings (SSSR count). The summed E-state index contributed by atoms with van der Waals surface area (Å²) in [6.45, 7) is 7.86. The van der Waals surface area contributed by atoms with Gasteiger partial charge in [-0.1, -0.05) is 0 Å². The molecule has 0 amide bonds. The zero-order valence-electron chi connectivity index (χ0n) is 27.6. The molecule has 16 nitrogen and oxygen atoms in total. The van der Waals surface area contributed by atoms with Gasteiger partial charge in [0.1, 0.15) is 72.7 Å². The number of hydrogen-bond donors (Lipinski definition) is 6. The lowest BCUT2D eigenvalue weighted by Crippen LogP contribution is -2.65. The maximum atomic E-state index is 10.7. The van der Waals surface area contributed by atoms with Crippen LogP contribution in [0.5, 0.6) is 17.2 Å². The lowest BCUT2D eigenvalue weighted by atomic mass is 9.97. The van der Waals surface area contributed by atoms with Gasteiger partial charge in [0.2, 0.25) is 0 Å². The highest BCUT2D eigenvalue weighted by Gasteiger charge is 2.51. The Morgan fingerprint density at radius 1 is 0.617 bits per heavy atom. The molecule has 2 saturated heterocycles. The number of aliphatic hydroxyl groups excluding tert-OH is 6. The Kier molecular flexibility index (Phi) is 16.8. The molecule has 0 saturated carbocycles. The quantitative estimate of drug-likeness (QED) is 0.0909. The highest BCUT2D eigenvalue weighted by molar-refractivity contribution is 5.42. The van der Waals surface area contributed by atoms with E-state index in [0.29, 0.717) is 37.1 Å². The van der Waals surface area contributed by atoms with E-state index in [-0.39, 0.29) is 32.0 Å². The van der Waals surface area contributed by atoms with E-state index >= 15 is 0 Å². The molecule has 2 heterocycles. The van der Waals surface area contributed by atoms with Crippen molar-refractivity contribution in [3.63, 3.8) is 0 Å². The van der Waals surface area contributed by atoms with Crippen LogP contribution in [0, 0.1) is 0 Å². The molecular weight excluding hydrogens is 628 g/mol. The minimum atomic E-state index is -1.66. The zero-order chi connectivity index (χ0) is 34.5. The molecule has 6 N–H and O–H groups in total. The number of ether oxygens (including phenoxy) is 10. The fraction of sp³-hybridized carbons (Fsp3) is 0.806. The minimum absolute atomic E-state index is 0.00250. The van der Waals surface area contributed by atoms with Crippen LogP contribution in [0.4, 0.5) is 0 Å². The smallest absolute Gasteiger partial charge is 0.187 e. The Morgan fingerprint density at radius 3 is 1.64 bits per heavy atom. The molecule has 0 radical (unpaired) electrons. The molecule has 0 aromatic heterocycles. The largest absolute Gasteiger partial charge is 0.491 e. The molecule has 47 heavy (non-hydrogen) atoms. The molecule has 10 atom stereocenters. The van der Waals surface area contributed by atoms with Crippen molar-refractivity contribution in [1.29, 1.82) is 0 Å². The molecular formula is C31H52O16. The van der Waals surface area contributed by atoms with Crippen LogP contribution in [-0.4, -0.2) is 164 Å². The molecule has 1 aromatic rings. The molecule has 0 unspecified atom stereocenters. The van der Waals surface area contributed by atoms with Crippen molar-refractivity contribution in [3.8, 4) is 17.2 Å². The molecule has 272 valence electrons. The number of benzene rings is 1. The van der Waals surface area contributed by atoms with Crippen molar-refractivity contribution >= 4 is 0 Å². The van der Waals surface area contributed by atoms with Crippen molar-refractivity contribution in [2.24, 2.45) is 0 Å². The van der Waals surface area contributed by atoms with E-state index in [1.807, 2.05) is 33.8 Å². The molecule has 0 bridgehead atoms. The number of rotatable bonds is 20. The summed E-state index contributed by atoms with van der Waals surface area (Å²) in [5, 5.41) is 61.7. The third-order valence-corrected chi connectivity index (χ3v) is 7.17. The highest BCUT2D eigenvalue weighted by Crippen LogP contribution is 2.31. The Bertz CT molecular complexity index is 981. The first-order chi connectivity index (χ1) is 22.5. The van der Waals surface area contributed by atoms with Gasteiger partial charge in [0, 0.05) is 25.3 Å². The van der Waals surface area contributed by atoms with Gasteiger partial charge >= 0.3 is 0 Å². The van der Waals surface area contributed by atoms with Gasteiger partial charge in [-0.05, 0) is 27.7 Å². The summed E-state index contributed by atoms with van der Waals surface area (Å²) >= 11 is 0. The molecule has 1 aromatic carbocycles. The van der Waals surface area contributed by atoms with E-state index < -0.39 is 74.6 Å². The summed E-state index contributed by atoms with van der Waals surface area (Å²) in [5.74, 6) is 1.90. The predicted octanol–water partition coefficient (Wildman–Crippen LogP) is -1.03. The van der Waals surface area contributed by atoms with Crippen molar-refractivity contribution in [1.82, 2.24) is 0 Å². The summed E-state index contributed by atoms with van der Waals surface area (Å²) in [4.78, 5) is 0. The maximum absolute atomic E-state index is 10.7. The van der Waals surface area contributed by atoms with Gasteiger partial charge in [0.05, 0.1) is 58.5 Å². The van der Waals surface area contributed by atoms with E-state index in [1.165, 1.54) is 7.11 Å². The Morgan fingerprint density at radius 2 is 1.09 bits per heavy atom. The molecule has 16 heteroatoms. The van der Waals surface area contributed by atoms with Crippen LogP contribution in [0.25, 0.3) is 0 Å². The van der Waals surface area contributed by atoms with Gasteiger partial charge in [-0.25, -0.2) is 0 Å². The van der Waals surface area contributed by atoms with Crippen molar-refractivity contribution in [2.75, 3.05) is 60.0 Å². The number of aliphatic hydroxyl groups is 6. The van der Waals surface area contributed by atoms with Crippen LogP contribution in [0.1, 0.15) is 27.7 Å². The monoisotopic (exact) mass is 680 g/mol. The SMILES string of the molecule is CO[C@@H]1O[C@H](CO)[C@@H](O[C@H]2O[C@H](CO)[C@@H](OCCOCCOCCOc3cc(OC(C)C)cc(OC(C)C)c3)[C@H](O)[C@H]2O)[C@H](O)[C@H]1O. The summed E-state index contributed by atoms with van der Waals surface area (Å²) in [7, 11) is 1.26. The lowest BCUT2D eigenvalue weighted by Gasteiger charge is -2.46. The average Bonchev–Trinajstić information content (AvgIpc) is 3.02. The third kappa shape index (κ3) is 11.9. The Hall–Kier alpha value is -1.90. The normalized spacial score (nSPS) is 31.3. The first-order valence-corrected chi connectivity index (χ1v) is 15.8. The molecule has 2 aliphatic heterocycles. The highest BCUT2D eigenvalue weighted by atomic mass is 16.7. The van der Waals surface area contributed by atoms with Gasteiger partial charge in [0.15, 0.2) is 12.6 Å². The topological polar surface area (TPSA) is 214 Å². The second kappa shape index (κ2) is 19.9. The summed E-state index contributed by atoms with van der Waals surface area (Å²) < 4.78 is 55.7. The van der Waals surface area contributed by atoms with E-state index in [0.717, 1.165) is 0 Å². The van der Waals surface area contributed by atoms with Gasteiger partial charge in [-0.3, -0.25) is 0 Å². The third-order valence-electron chi connectivity index (χ3n) is 7.17. The van der Waals surface area contributed by atoms with Crippen molar-refractivity contribution in [2.45, 2.75) is 101 Å². The standard InChI is InChI=1S/C31H52O16/c1-17(2)43-20-12-19(13-21(14-20)44-18(3)4)41-10-8-39-6-7-40-9-11-42-28-22(15-32)46-31(27(37)24(28)34)47-29-23(16-33)45-30(38-5)26(36)25(29)35/h12-14,17-18,22-37H,6-11,15-16H2,1-5H3/t22-,23-,24-,25-,26-,27-,28-,29-,30-,31-/m1/s1. The van der Waals surface area contributed by atoms with Gasteiger partial charge in [0.25, 0.3) is 0 Å². The minimum Gasteiger partial charge on any atom is -0.491 e. The lowest BCUT2D eigenvalue weighted by molar-refractivity contribution is -0.359. The summed E-state index contributed by atoms with van der Waals surface area (Å²) in [6.07, 6.45) is -13.8. The molecule has 0 aliphatic carbocycles. The van der Waals surface area contributed by atoms with E-state index in [9.17, 15) is 30.6 Å². The first-order valence-electron chi connectivity index (χ1n) is 15.8. The van der Waals surface area contributed by atoms with Crippen LogP contribution in [-0.2, 0) is 33.2 Å². The van der Waals surface area contributed by atoms with Crippen molar-refractivity contribution < 1.29 is 78.0 Å².